The van der Waals surface area contributed by atoms with Crippen LogP contribution >= 0.6 is 0 Å². The number of benzene rings is 2. The number of hydrogen-bond acceptors (Lipinski definition) is 6. The highest BCUT2D eigenvalue weighted by molar-refractivity contribution is 5.89. The first-order valence-corrected chi connectivity index (χ1v) is 8.10. The lowest BCUT2D eigenvalue weighted by atomic mass is 10.2. The number of esters is 1. The molecule has 0 aliphatic rings. The molecule has 130 valence electrons. The normalized spacial score (nSPS) is 10.8. The molecule has 3 aromatic rings. The highest BCUT2D eigenvalue weighted by Crippen LogP contribution is 2.26. The van der Waals surface area contributed by atoms with Crippen LogP contribution < -0.4 is 10.5 Å². The molecule has 0 radical (unpaired) electrons. The largest absolute Gasteiger partial charge is 0.495 e. The molecule has 0 fully saturated rings. The summed E-state index contributed by atoms with van der Waals surface area (Å²) in [6, 6.07) is 10.4. The quantitative estimate of drug-likeness (QED) is 0.421. The maximum absolute atomic E-state index is 11.9. The number of hydrogen-bond donors (Lipinski definition) is 1. The molecule has 1 heterocycles. The minimum atomic E-state index is -0.323. The van der Waals surface area contributed by atoms with Gasteiger partial charge in [0, 0.05) is 6.07 Å². The number of anilines is 1. The van der Waals surface area contributed by atoms with Crippen LogP contribution in [0.1, 0.15) is 30.1 Å². The van der Waals surface area contributed by atoms with Crippen molar-refractivity contribution in [3.05, 3.63) is 42.0 Å². The zero-order valence-electron chi connectivity index (χ0n) is 14.2. The molecule has 3 rings (SSSR count). The lowest BCUT2D eigenvalue weighted by Gasteiger charge is -2.04. The third-order valence-electron chi connectivity index (χ3n) is 3.80. The Bertz CT molecular complexity index is 887. The van der Waals surface area contributed by atoms with E-state index in [9.17, 15) is 4.79 Å². The van der Waals surface area contributed by atoms with Gasteiger partial charge in [-0.3, -0.25) is 0 Å². The predicted molar refractivity (Wildman–Crippen MR) is 95.0 cm³/mol. The topological polar surface area (TPSA) is 92.3 Å². The van der Waals surface area contributed by atoms with Gasteiger partial charge in [0.15, 0.2) is 0 Å². The van der Waals surface area contributed by atoms with E-state index in [0.29, 0.717) is 34.6 Å². The van der Waals surface area contributed by atoms with Crippen LogP contribution in [0.2, 0.25) is 0 Å². The molecule has 7 heteroatoms. The van der Waals surface area contributed by atoms with Crippen molar-refractivity contribution in [3.8, 4) is 11.4 Å². The number of aromatic nitrogens is 3. The fraction of sp³-hybridized carbons (Fsp3) is 0.278. The molecule has 0 spiro atoms. The number of fused-ring (bicyclic) bond motifs is 1. The second-order valence-electron chi connectivity index (χ2n) is 5.61. The molecule has 25 heavy (non-hydrogen) atoms. The minimum Gasteiger partial charge on any atom is -0.495 e. The third kappa shape index (κ3) is 3.55. The lowest BCUT2D eigenvalue weighted by molar-refractivity contribution is 0.0500. The first-order chi connectivity index (χ1) is 12.1. The number of carbonyl (C=O) groups is 1. The van der Waals surface area contributed by atoms with Crippen LogP contribution in [0, 0.1) is 0 Å². The summed E-state index contributed by atoms with van der Waals surface area (Å²) in [5.41, 5.74) is 8.98. The van der Waals surface area contributed by atoms with Crippen molar-refractivity contribution < 1.29 is 14.3 Å². The molecular weight excluding hydrogens is 320 g/mol. The van der Waals surface area contributed by atoms with Gasteiger partial charge in [-0.1, -0.05) is 13.3 Å². The Labute approximate surface area is 145 Å². The van der Waals surface area contributed by atoms with Gasteiger partial charge in [-0.2, -0.15) is 4.80 Å². The highest BCUT2D eigenvalue weighted by atomic mass is 16.5. The number of nitrogen functional groups attached to an aromatic ring is 1. The van der Waals surface area contributed by atoms with Crippen LogP contribution in [0.4, 0.5) is 5.69 Å². The average Bonchev–Trinajstić information content (AvgIpc) is 3.04. The van der Waals surface area contributed by atoms with E-state index in [1.54, 1.807) is 43.5 Å². The Hall–Kier alpha value is -3.09. The summed E-state index contributed by atoms with van der Waals surface area (Å²) in [6.07, 6.45) is 1.85. The van der Waals surface area contributed by atoms with Crippen molar-refractivity contribution in [1.82, 2.24) is 15.0 Å². The van der Waals surface area contributed by atoms with Gasteiger partial charge < -0.3 is 15.2 Å². The fourth-order valence-corrected chi connectivity index (χ4v) is 2.38. The first kappa shape index (κ1) is 16.8. The maximum atomic E-state index is 11.9. The summed E-state index contributed by atoms with van der Waals surface area (Å²) >= 11 is 0. The highest BCUT2D eigenvalue weighted by Gasteiger charge is 2.11. The molecule has 0 aliphatic carbocycles. The monoisotopic (exact) mass is 340 g/mol. The van der Waals surface area contributed by atoms with Crippen LogP contribution in [0.15, 0.2) is 36.4 Å². The van der Waals surface area contributed by atoms with Gasteiger partial charge in [-0.15, -0.1) is 10.2 Å². The second kappa shape index (κ2) is 7.21. The Morgan fingerprint density at radius 3 is 2.48 bits per heavy atom. The Morgan fingerprint density at radius 1 is 1.16 bits per heavy atom. The standard InChI is InChI=1S/C18H20N4O3/c1-3-4-9-25-18(23)12-5-7-13(8-6-12)22-20-15-10-14(19)17(24-2)11-16(15)21-22/h5-8,10-11H,3-4,9,19H2,1-2H3. The van der Waals surface area contributed by atoms with Crippen LogP contribution in [-0.4, -0.2) is 34.7 Å². The fourth-order valence-electron chi connectivity index (χ4n) is 2.38. The van der Waals surface area contributed by atoms with E-state index in [0.717, 1.165) is 18.5 Å². The van der Waals surface area contributed by atoms with E-state index in [-0.39, 0.29) is 5.97 Å². The SMILES string of the molecule is CCCCOC(=O)c1ccc(-n2nc3cc(N)c(OC)cc3n2)cc1. The van der Waals surface area contributed by atoms with Crippen molar-refractivity contribution in [2.75, 3.05) is 19.5 Å². The van der Waals surface area contributed by atoms with Gasteiger partial charge in [0.2, 0.25) is 0 Å². The summed E-state index contributed by atoms with van der Waals surface area (Å²) in [4.78, 5) is 13.4. The van der Waals surface area contributed by atoms with Crippen molar-refractivity contribution in [1.29, 1.82) is 0 Å². The molecule has 0 saturated heterocycles. The van der Waals surface area contributed by atoms with E-state index in [4.69, 9.17) is 15.2 Å². The third-order valence-corrected chi connectivity index (χ3v) is 3.80. The molecule has 2 aromatic carbocycles. The van der Waals surface area contributed by atoms with Gasteiger partial charge >= 0.3 is 5.97 Å². The number of rotatable bonds is 6. The van der Waals surface area contributed by atoms with Gasteiger partial charge in [0.1, 0.15) is 16.8 Å². The van der Waals surface area contributed by atoms with Crippen LogP contribution in [-0.2, 0) is 4.74 Å². The van der Waals surface area contributed by atoms with Gasteiger partial charge in [0.25, 0.3) is 0 Å². The summed E-state index contributed by atoms with van der Waals surface area (Å²) in [7, 11) is 1.56. The number of ether oxygens (including phenoxy) is 2. The molecule has 0 aliphatic heterocycles. The van der Waals surface area contributed by atoms with E-state index in [1.807, 2.05) is 6.92 Å². The molecule has 0 saturated carbocycles. The van der Waals surface area contributed by atoms with Crippen LogP contribution in [0.5, 0.6) is 5.75 Å². The summed E-state index contributed by atoms with van der Waals surface area (Å²) in [5.74, 6) is 0.237. The maximum Gasteiger partial charge on any atom is 0.338 e. The molecule has 0 bridgehead atoms. The smallest absolute Gasteiger partial charge is 0.338 e. The van der Waals surface area contributed by atoms with Gasteiger partial charge in [-0.25, -0.2) is 4.79 Å². The Morgan fingerprint density at radius 2 is 1.84 bits per heavy atom. The van der Waals surface area contributed by atoms with Crippen molar-refractivity contribution >= 4 is 22.7 Å². The molecule has 0 atom stereocenters. The lowest BCUT2D eigenvalue weighted by Crippen LogP contribution is -2.07. The molecule has 0 amide bonds. The number of nitrogens with zero attached hydrogens (tertiary/aromatic N) is 3. The predicted octanol–water partition coefficient (Wildman–Crippen LogP) is 2.97. The molecule has 7 nitrogen and oxygen atoms in total. The van der Waals surface area contributed by atoms with E-state index >= 15 is 0 Å². The number of methoxy groups -OCH3 is 1. The Kier molecular flexibility index (Phi) is 4.83. The summed E-state index contributed by atoms with van der Waals surface area (Å²) < 4.78 is 10.4. The minimum absolute atomic E-state index is 0.323. The van der Waals surface area contributed by atoms with Crippen molar-refractivity contribution in [2.24, 2.45) is 0 Å². The summed E-state index contributed by atoms with van der Waals surface area (Å²) in [5, 5.41) is 8.83. The van der Waals surface area contributed by atoms with Crippen LogP contribution in [0.3, 0.4) is 0 Å². The zero-order valence-corrected chi connectivity index (χ0v) is 14.2. The average molecular weight is 340 g/mol. The van der Waals surface area contributed by atoms with Crippen molar-refractivity contribution in [2.45, 2.75) is 19.8 Å². The number of unbranched alkanes of at least 4 members (excludes halogenated alkanes) is 1. The first-order valence-electron chi connectivity index (χ1n) is 8.10. The molecule has 2 N–H and O–H groups in total. The molecule has 1 aromatic heterocycles. The number of carbonyl (C=O) groups excluding carboxylic acids is 1. The van der Waals surface area contributed by atoms with Gasteiger partial charge in [-0.05, 0) is 36.8 Å². The number of nitrogens with two attached hydrogens (primary N) is 1. The van der Waals surface area contributed by atoms with Gasteiger partial charge in [0.05, 0.1) is 30.7 Å². The van der Waals surface area contributed by atoms with E-state index < -0.39 is 0 Å². The molecular formula is C18H20N4O3. The second-order valence-corrected chi connectivity index (χ2v) is 5.61. The van der Waals surface area contributed by atoms with Crippen LogP contribution in [0.25, 0.3) is 16.7 Å². The zero-order chi connectivity index (χ0) is 17.8. The summed E-state index contributed by atoms with van der Waals surface area (Å²) in [6.45, 7) is 2.49. The van der Waals surface area contributed by atoms with E-state index in [2.05, 4.69) is 10.2 Å². The Balaban J connectivity index is 1.82. The van der Waals surface area contributed by atoms with Crippen molar-refractivity contribution in [3.63, 3.8) is 0 Å². The molecule has 0 unspecified atom stereocenters. The van der Waals surface area contributed by atoms with E-state index in [1.165, 1.54) is 4.80 Å².